The van der Waals surface area contributed by atoms with Crippen LogP contribution in [0.5, 0.6) is 0 Å². The van der Waals surface area contributed by atoms with E-state index >= 15 is 0 Å². The quantitative estimate of drug-likeness (QED) is 0.770. The van der Waals surface area contributed by atoms with Crippen molar-refractivity contribution >= 4 is 23.5 Å². The Kier molecular flexibility index (Phi) is 5.56. The van der Waals surface area contributed by atoms with Gasteiger partial charge >= 0.3 is 0 Å². The molecule has 2 aromatic rings. The van der Waals surface area contributed by atoms with Crippen LogP contribution in [0.2, 0.25) is 0 Å². The van der Waals surface area contributed by atoms with Crippen molar-refractivity contribution in [3.63, 3.8) is 0 Å². The molecule has 0 unspecified atom stereocenters. The van der Waals surface area contributed by atoms with Crippen LogP contribution in [0.15, 0.2) is 58.3 Å². The first-order chi connectivity index (χ1) is 13.5. The first kappa shape index (κ1) is 19.2. The average molecular weight is 395 g/mol. The molecule has 0 aromatic heterocycles. The molecule has 3 aliphatic heterocycles. The van der Waals surface area contributed by atoms with Gasteiger partial charge in [-0.25, -0.2) is 0 Å². The second-order valence-electron chi connectivity index (χ2n) is 7.79. The molecule has 0 radical (unpaired) electrons. The monoisotopic (exact) mass is 394 g/mol. The molecule has 3 saturated heterocycles. The van der Waals surface area contributed by atoms with Crippen LogP contribution in [0.3, 0.4) is 0 Å². The number of piperidine rings is 3. The molecule has 3 aliphatic rings. The highest BCUT2D eigenvalue weighted by Gasteiger charge is 2.40. The molecule has 1 amide bonds. The predicted octanol–water partition coefficient (Wildman–Crippen LogP) is 4.25. The van der Waals surface area contributed by atoms with Crippen LogP contribution in [0.1, 0.15) is 47.4 Å². The van der Waals surface area contributed by atoms with Crippen LogP contribution in [-0.4, -0.2) is 41.8 Å². The maximum Gasteiger partial charge on any atom is 0.251 e. The molecular weight excluding hydrogens is 368 g/mol. The van der Waals surface area contributed by atoms with E-state index in [-0.39, 0.29) is 17.7 Å². The molecular formula is C23H26N2O2S. The number of fused-ring (bicyclic) bond motifs is 3. The van der Waals surface area contributed by atoms with Gasteiger partial charge in [-0.1, -0.05) is 30.0 Å². The molecule has 2 aromatic carbocycles. The molecule has 2 bridgehead atoms. The highest BCUT2D eigenvalue weighted by molar-refractivity contribution is 7.99. The lowest BCUT2D eigenvalue weighted by molar-refractivity contribution is 0.0217. The van der Waals surface area contributed by atoms with Gasteiger partial charge in [0.1, 0.15) is 0 Å². The Morgan fingerprint density at radius 3 is 2.36 bits per heavy atom. The number of Topliss-reactive ketones (excluding diaryl/α,β-unsaturated/α-hetero) is 1. The van der Waals surface area contributed by atoms with Gasteiger partial charge < -0.3 is 5.32 Å². The first-order valence-corrected chi connectivity index (χ1v) is 10.8. The molecule has 3 fully saturated rings. The minimum Gasteiger partial charge on any atom is -0.347 e. The van der Waals surface area contributed by atoms with Crippen LogP contribution in [-0.2, 0) is 0 Å². The minimum absolute atomic E-state index is 0.00582. The third kappa shape index (κ3) is 3.87. The third-order valence-corrected chi connectivity index (χ3v) is 7.17. The topological polar surface area (TPSA) is 49.4 Å². The Bertz CT molecular complexity index is 870. The highest BCUT2D eigenvalue weighted by atomic mass is 32.2. The van der Waals surface area contributed by atoms with Crippen molar-refractivity contribution in [3.8, 4) is 0 Å². The van der Waals surface area contributed by atoms with Gasteiger partial charge in [-0.2, -0.15) is 0 Å². The molecule has 2 atom stereocenters. The predicted molar refractivity (Wildman–Crippen MR) is 112 cm³/mol. The number of hydrogen-bond donors (Lipinski definition) is 1. The molecule has 0 spiro atoms. The van der Waals surface area contributed by atoms with Gasteiger partial charge in [0.15, 0.2) is 5.78 Å². The van der Waals surface area contributed by atoms with Crippen molar-refractivity contribution < 1.29 is 9.59 Å². The van der Waals surface area contributed by atoms with Crippen LogP contribution in [0.25, 0.3) is 0 Å². The van der Waals surface area contributed by atoms with E-state index in [1.165, 1.54) is 12.8 Å². The summed E-state index contributed by atoms with van der Waals surface area (Å²) in [6.45, 7) is 6.13. The van der Waals surface area contributed by atoms with Crippen LogP contribution in [0.4, 0.5) is 0 Å². The molecule has 4 nitrogen and oxygen atoms in total. The summed E-state index contributed by atoms with van der Waals surface area (Å²) in [5, 5.41) is 3.28. The Morgan fingerprint density at radius 1 is 1.04 bits per heavy atom. The number of carbonyl (C=O) groups excluding carboxylic acids is 2. The first-order valence-electron chi connectivity index (χ1n) is 9.96. The minimum atomic E-state index is 0.00582. The number of benzene rings is 2. The largest absolute Gasteiger partial charge is 0.347 e. The molecule has 5 heteroatoms. The van der Waals surface area contributed by atoms with Crippen LogP contribution in [0, 0.1) is 5.92 Å². The Balaban J connectivity index is 1.43. The zero-order chi connectivity index (χ0) is 19.7. The average Bonchev–Trinajstić information content (AvgIpc) is 2.71. The zero-order valence-electron chi connectivity index (χ0n) is 16.4. The normalized spacial score (nSPS) is 26.1. The zero-order valence-corrected chi connectivity index (χ0v) is 17.2. The number of amides is 1. The van der Waals surface area contributed by atoms with Crippen molar-refractivity contribution in [1.82, 2.24) is 10.2 Å². The second kappa shape index (κ2) is 8.10. The number of carbonyl (C=O) groups is 2. The molecule has 0 saturated carbocycles. The maximum atomic E-state index is 12.8. The van der Waals surface area contributed by atoms with E-state index in [4.69, 9.17) is 0 Å². The molecule has 28 heavy (non-hydrogen) atoms. The van der Waals surface area contributed by atoms with Crippen molar-refractivity contribution in [1.29, 1.82) is 0 Å². The summed E-state index contributed by atoms with van der Waals surface area (Å²) in [6.07, 6.45) is 2.36. The van der Waals surface area contributed by atoms with Crippen LogP contribution < -0.4 is 5.32 Å². The second-order valence-corrected chi connectivity index (χ2v) is 8.91. The fourth-order valence-electron chi connectivity index (χ4n) is 4.43. The maximum absolute atomic E-state index is 12.8. The highest BCUT2D eigenvalue weighted by Crippen LogP contribution is 2.33. The lowest BCUT2D eigenvalue weighted by atomic mass is 9.79. The third-order valence-electron chi connectivity index (χ3n) is 6.09. The van der Waals surface area contributed by atoms with Gasteiger partial charge in [0.25, 0.3) is 5.91 Å². The van der Waals surface area contributed by atoms with E-state index < -0.39 is 0 Å². The molecule has 146 valence electrons. The summed E-state index contributed by atoms with van der Waals surface area (Å²) in [5.74, 6) is 0.666. The van der Waals surface area contributed by atoms with E-state index in [0.29, 0.717) is 17.5 Å². The Labute approximate surface area is 170 Å². The number of nitrogens with zero attached hydrogens (tertiary/aromatic N) is 1. The van der Waals surface area contributed by atoms with Crippen molar-refractivity contribution in [2.75, 3.05) is 13.1 Å². The van der Waals surface area contributed by atoms with Crippen molar-refractivity contribution in [2.24, 2.45) is 5.92 Å². The van der Waals surface area contributed by atoms with Gasteiger partial charge in [-0.15, -0.1) is 0 Å². The van der Waals surface area contributed by atoms with Gasteiger partial charge in [-0.3, -0.25) is 14.5 Å². The van der Waals surface area contributed by atoms with E-state index in [2.05, 4.69) is 17.1 Å². The fraction of sp³-hybridized carbons (Fsp3) is 0.391. The summed E-state index contributed by atoms with van der Waals surface area (Å²) >= 11 is 1.55. The summed E-state index contributed by atoms with van der Waals surface area (Å²) in [4.78, 5) is 29.0. The van der Waals surface area contributed by atoms with Gasteiger partial charge in [0.2, 0.25) is 0 Å². The Hall–Kier alpha value is -2.11. The summed E-state index contributed by atoms with van der Waals surface area (Å²) < 4.78 is 0. The number of rotatable bonds is 5. The molecule has 1 N–H and O–H groups in total. The van der Waals surface area contributed by atoms with E-state index in [1.807, 2.05) is 48.5 Å². The molecule has 3 heterocycles. The fourth-order valence-corrected chi connectivity index (χ4v) is 5.42. The van der Waals surface area contributed by atoms with Gasteiger partial charge in [0.05, 0.1) is 0 Å². The SMILES string of the molecule is CC(=O)c1ccccc1Sc1ccc(C(=O)N[C@@H]2C3CCN(CC3)[C@H]2C)cc1. The lowest BCUT2D eigenvalue weighted by Gasteiger charge is -2.49. The lowest BCUT2D eigenvalue weighted by Crippen LogP contribution is -2.62. The Morgan fingerprint density at radius 2 is 1.71 bits per heavy atom. The van der Waals surface area contributed by atoms with E-state index in [9.17, 15) is 9.59 Å². The van der Waals surface area contributed by atoms with E-state index in [1.54, 1.807) is 18.7 Å². The van der Waals surface area contributed by atoms with E-state index in [0.717, 1.165) is 28.4 Å². The molecule has 0 aliphatic carbocycles. The summed E-state index contributed by atoms with van der Waals surface area (Å²) in [7, 11) is 0. The molecule has 5 rings (SSSR count). The van der Waals surface area contributed by atoms with Crippen molar-refractivity contribution in [3.05, 3.63) is 59.7 Å². The smallest absolute Gasteiger partial charge is 0.251 e. The number of ketones is 1. The summed E-state index contributed by atoms with van der Waals surface area (Å²) in [5.41, 5.74) is 1.42. The van der Waals surface area contributed by atoms with Gasteiger partial charge in [0, 0.05) is 33.0 Å². The number of nitrogens with one attached hydrogen (secondary N) is 1. The van der Waals surface area contributed by atoms with Crippen molar-refractivity contribution in [2.45, 2.75) is 48.6 Å². The standard InChI is InChI=1S/C23H26N2O2S/c1-15-22(17-11-13-25(15)14-12-17)24-23(27)18-7-9-19(10-8-18)28-21-6-4-3-5-20(21)16(2)26/h3-10,15,17,22H,11-14H2,1-2H3,(H,24,27)/t15-,22-/m0/s1. The summed E-state index contributed by atoms with van der Waals surface area (Å²) in [6, 6.07) is 15.9. The van der Waals surface area contributed by atoms with Crippen LogP contribution >= 0.6 is 11.8 Å². The number of hydrogen-bond acceptors (Lipinski definition) is 4. The van der Waals surface area contributed by atoms with Gasteiger partial charge in [-0.05, 0) is 76.0 Å².